The summed E-state index contributed by atoms with van der Waals surface area (Å²) in [7, 11) is 0. The van der Waals surface area contributed by atoms with E-state index < -0.39 is 0 Å². The molecule has 0 heterocycles. The molecule has 116 valence electrons. The minimum absolute atomic E-state index is 0.0205. The molecule has 0 radical (unpaired) electrons. The van der Waals surface area contributed by atoms with Gasteiger partial charge in [-0.2, -0.15) is 0 Å². The summed E-state index contributed by atoms with van der Waals surface area (Å²) in [5.74, 6) is -0.0462. The van der Waals surface area contributed by atoms with Gasteiger partial charge in [-0.3, -0.25) is 4.79 Å². The highest BCUT2D eigenvalue weighted by molar-refractivity contribution is 5.95. The standard InChI is InChI=1S/C17H25NO3/c1-13-5-6-14(2)15(11-13)16(20)18-12-17(21-10-9-19)7-3-4-8-17/h5-6,11,19H,3-4,7-10,12H2,1-2H3,(H,18,20). The van der Waals surface area contributed by atoms with Gasteiger partial charge in [0.1, 0.15) is 0 Å². The lowest BCUT2D eigenvalue weighted by Crippen LogP contribution is -2.43. The monoisotopic (exact) mass is 291 g/mol. The number of aryl methyl sites for hydroxylation is 2. The van der Waals surface area contributed by atoms with Crippen molar-refractivity contribution in [2.24, 2.45) is 0 Å². The van der Waals surface area contributed by atoms with Gasteiger partial charge in [-0.05, 0) is 38.3 Å². The number of rotatable bonds is 6. The fourth-order valence-corrected chi connectivity index (χ4v) is 2.97. The zero-order valence-corrected chi connectivity index (χ0v) is 12.9. The van der Waals surface area contributed by atoms with Crippen LogP contribution in [0.4, 0.5) is 0 Å². The first-order chi connectivity index (χ1) is 10.1. The van der Waals surface area contributed by atoms with E-state index in [1.54, 1.807) is 0 Å². The van der Waals surface area contributed by atoms with Crippen molar-refractivity contribution < 1.29 is 14.6 Å². The maximum absolute atomic E-state index is 12.4. The van der Waals surface area contributed by atoms with Crippen molar-refractivity contribution in [1.82, 2.24) is 5.32 Å². The summed E-state index contributed by atoms with van der Waals surface area (Å²) in [5, 5.41) is 12.0. The maximum atomic E-state index is 12.4. The van der Waals surface area contributed by atoms with Crippen LogP contribution < -0.4 is 5.32 Å². The van der Waals surface area contributed by atoms with Gasteiger partial charge in [0, 0.05) is 12.1 Å². The quantitative estimate of drug-likeness (QED) is 0.846. The number of carbonyl (C=O) groups excluding carboxylic acids is 1. The van der Waals surface area contributed by atoms with Crippen molar-refractivity contribution in [3.05, 3.63) is 34.9 Å². The molecule has 1 aromatic rings. The van der Waals surface area contributed by atoms with Crippen LogP contribution in [0.2, 0.25) is 0 Å². The Balaban J connectivity index is 2.00. The SMILES string of the molecule is Cc1ccc(C)c(C(=O)NCC2(OCCO)CCCC2)c1. The number of carbonyl (C=O) groups is 1. The van der Waals surface area contributed by atoms with Crippen molar-refractivity contribution in [3.63, 3.8) is 0 Å². The molecule has 0 spiro atoms. The second kappa shape index (κ2) is 7.05. The predicted molar refractivity (Wildman–Crippen MR) is 82.5 cm³/mol. The number of aliphatic hydroxyl groups is 1. The van der Waals surface area contributed by atoms with E-state index in [1.807, 2.05) is 32.0 Å². The van der Waals surface area contributed by atoms with Gasteiger partial charge in [-0.1, -0.05) is 30.5 Å². The van der Waals surface area contributed by atoms with Crippen molar-refractivity contribution in [1.29, 1.82) is 0 Å². The molecular weight excluding hydrogens is 266 g/mol. The molecule has 1 saturated carbocycles. The Bertz CT molecular complexity index is 493. The van der Waals surface area contributed by atoms with Crippen LogP contribution in [0.3, 0.4) is 0 Å². The van der Waals surface area contributed by atoms with Crippen molar-refractivity contribution >= 4 is 5.91 Å². The zero-order chi connectivity index (χ0) is 15.3. The summed E-state index contributed by atoms with van der Waals surface area (Å²) in [6.07, 6.45) is 4.12. The number of hydrogen-bond acceptors (Lipinski definition) is 3. The van der Waals surface area contributed by atoms with Crippen LogP contribution in [0, 0.1) is 13.8 Å². The molecule has 0 bridgehead atoms. The summed E-state index contributed by atoms with van der Waals surface area (Å²) in [6.45, 7) is 4.80. The number of aliphatic hydroxyl groups excluding tert-OH is 1. The van der Waals surface area contributed by atoms with Crippen LogP contribution in [0.25, 0.3) is 0 Å². The Morgan fingerprint density at radius 2 is 2.05 bits per heavy atom. The minimum atomic E-state index is -0.296. The molecule has 0 saturated heterocycles. The van der Waals surface area contributed by atoms with Gasteiger partial charge in [0.25, 0.3) is 5.91 Å². The van der Waals surface area contributed by atoms with Gasteiger partial charge in [-0.15, -0.1) is 0 Å². The molecule has 2 rings (SSSR count). The Hall–Kier alpha value is -1.39. The van der Waals surface area contributed by atoms with E-state index in [1.165, 1.54) is 0 Å². The first-order valence-electron chi connectivity index (χ1n) is 7.67. The largest absolute Gasteiger partial charge is 0.394 e. The number of benzene rings is 1. The molecule has 0 atom stereocenters. The molecule has 0 aromatic heterocycles. The van der Waals surface area contributed by atoms with E-state index in [0.717, 1.165) is 42.4 Å². The Kier molecular flexibility index (Phi) is 5.37. The van der Waals surface area contributed by atoms with Crippen LogP contribution >= 0.6 is 0 Å². The van der Waals surface area contributed by atoms with Crippen molar-refractivity contribution in [3.8, 4) is 0 Å². The second-order valence-corrected chi connectivity index (χ2v) is 5.96. The molecule has 1 fully saturated rings. The Labute approximate surface area is 126 Å². The van der Waals surface area contributed by atoms with Gasteiger partial charge < -0.3 is 15.2 Å². The fraction of sp³-hybridized carbons (Fsp3) is 0.588. The first-order valence-corrected chi connectivity index (χ1v) is 7.67. The number of ether oxygens (including phenoxy) is 1. The van der Waals surface area contributed by atoms with Crippen LogP contribution in [-0.2, 0) is 4.74 Å². The summed E-state index contributed by atoms with van der Waals surface area (Å²) in [6, 6.07) is 5.90. The highest BCUT2D eigenvalue weighted by Crippen LogP contribution is 2.32. The molecule has 1 aliphatic rings. The van der Waals surface area contributed by atoms with Gasteiger partial charge >= 0.3 is 0 Å². The van der Waals surface area contributed by atoms with E-state index in [0.29, 0.717) is 13.2 Å². The topological polar surface area (TPSA) is 58.6 Å². The average molecular weight is 291 g/mol. The highest BCUT2D eigenvalue weighted by atomic mass is 16.5. The number of hydrogen-bond donors (Lipinski definition) is 2. The lowest BCUT2D eigenvalue weighted by molar-refractivity contribution is -0.0511. The molecule has 21 heavy (non-hydrogen) atoms. The summed E-state index contributed by atoms with van der Waals surface area (Å²) in [5.41, 5.74) is 2.49. The molecule has 4 nitrogen and oxygen atoms in total. The van der Waals surface area contributed by atoms with E-state index in [2.05, 4.69) is 5.32 Å². The Morgan fingerprint density at radius 1 is 1.33 bits per heavy atom. The minimum Gasteiger partial charge on any atom is -0.394 e. The Morgan fingerprint density at radius 3 is 2.71 bits per heavy atom. The fourth-order valence-electron chi connectivity index (χ4n) is 2.97. The molecule has 2 N–H and O–H groups in total. The van der Waals surface area contributed by atoms with E-state index in [9.17, 15) is 4.79 Å². The van der Waals surface area contributed by atoms with Gasteiger partial charge in [-0.25, -0.2) is 0 Å². The smallest absolute Gasteiger partial charge is 0.251 e. The lowest BCUT2D eigenvalue weighted by Gasteiger charge is -2.29. The predicted octanol–water partition coefficient (Wildman–Crippen LogP) is 2.35. The van der Waals surface area contributed by atoms with E-state index in [4.69, 9.17) is 9.84 Å². The third-order valence-corrected chi connectivity index (χ3v) is 4.22. The highest BCUT2D eigenvalue weighted by Gasteiger charge is 2.35. The summed E-state index contributed by atoms with van der Waals surface area (Å²) in [4.78, 5) is 12.4. The van der Waals surface area contributed by atoms with Crippen LogP contribution in [0.1, 0.15) is 47.2 Å². The molecule has 1 aliphatic carbocycles. The molecule has 1 aromatic carbocycles. The summed E-state index contributed by atoms with van der Waals surface area (Å²) < 4.78 is 5.82. The van der Waals surface area contributed by atoms with Gasteiger partial charge in [0.15, 0.2) is 0 Å². The normalized spacial score (nSPS) is 16.9. The van der Waals surface area contributed by atoms with Crippen LogP contribution in [-0.4, -0.2) is 36.4 Å². The molecule has 1 amide bonds. The summed E-state index contributed by atoms with van der Waals surface area (Å²) >= 11 is 0. The molecule has 0 unspecified atom stereocenters. The first kappa shape index (κ1) is 16.0. The lowest BCUT2D eigenvalue weighted by atomic mass is 10.0. The molecule has 4 heteroatoms. The van der Waals surface area contributed by atoms with Crippen LogP contribution in [0.15, 0.2) is 18.2 Å². The van der Waals surface area contributed by atoms with Gasteiger partial charge in [0.2, 0.25) is 0 Å². The second-order valence-electron chi connectivity index (χ2n) is 5.96. The van der Waals surface area contributed by atoms with E-state index >= 15 is 0 Å². The molecular formula is C17H25NO3. The van der Waals surface area contributed by atoms with Crippen molar-refractivity contribution in [2.45, 2.75) is 45.1 Å². The third-order valence-electron chi connectivity index (χ3n) is 4.22. The van der Waals surface area contributed by atoms with Crippen molar-refractivity contribution in [2.75, 3.05) is 19.8 Å². The molecule has 0 aliphatic heterocycles. The van der Waals surface area contributed by atoms with Gasteiger partial charge in [0.05, 0.1) is 18.8 Å². The maximum Gasteiger partial charge on any atom is 0.251 e. The third kappa shape index (κ3) is 4.05. The van der Waals surface area contributed by atoms with Crippen LogP contribution in [0.5, 0.6) is 0 Å². The number of nitrogens with one attached hydrogen (secondary N) is 1. The number of amides is 1. The van der Waals surface area contributed by atoms with E-state index in [-0.39, 0.29) is 18.1 Å². The average Bonchev–Trinajstić information content (AvgIpc) is 2.94. The zero-order valence-electron chi connectivity index (χ0n) is 12.9.